The molecule has 0 spiro atoms. The van der Waals surface area contributed by atoms with E-state index in [0.717, 1.165) is 51.1 Å². The summed E-state index contributed by atoms with van der Waals surface area (Å²) in [5, 5.41) is 3.03. The fraction of sp³-hybridized carbons (Fsp3) is 0.875. The zero-order chi connectivity index (χ0) is 22.1. The number of carbonyl (C=O) groups excluding carboxylic acids is 3. The van der Waals surface area contributed by atoms with Gasteiger partial charge in [-0.2, -0.15) is 0 Å². The Bertz CT molecular complexity index is 574. The Balaban J connectivity index is 2.04. The van der Waals surface area contributed by atoms with Crippen LogP contribution < -0.4 is 11.1 Å². The van der Waals surface area contributed by atoms with Crippen molar-refractivity contribution in [2.24, 2.45) is 29.4 Å². The SMILES string of the molecule is CCCC[C@H](C(N)=O)[C@@H](CC(C)C)C(=O)N[C@H]1CCCCN(CCC2CCC2)C1=O. The lowest BCUT2D eigenvalue weighted by molar-refractivity contribution is -0.139. The minimum absolute atomic E-state index is 0.0488. The molecule has 2 fully saturated rings. The first kappa shape index (κ1) is 24.7. The van der Waals surface area contributed by atoms with E-state index in [9.17, 15) is 14.4 Å². The quantitative estimate of drug-likeness (QED) is 0.504. The van der Waals surface area contributed by atoms with E-state index >= 15 is 0 Å². The van der Waals surface area contributed by atoms with Crippen LogP contribution in [0.2, 0.25) is 0 Å². The molecule has 3 amide bonds. The van der Waals surface area contributed by atoms with Crippen molar-refractivity contribution in [1.29, 1.82) is 0 Å². The third-order valence-corrected chi connectivity index (χ3v) is 6.91. The van der Waals surface area contributed by atoms with Crippen LogP contribution in [0.3, 0.4) is 0 Å². The van der Waals surface area contributed by atoms with Gasteiger partial charge in [-0.25, -0.2) is 0 Å². The van der Waals surface area contributed by atoms with Gasteiger partial charge in [0, 0.05) is 24.9 Å². The van der Waals surface area contributed by atoms with Crippen LogP contribution in [0.4, 0.5) is 0 Å². The first-order valence-electron chi connectivity index (χ1n) is 12.2. The number of unbranched alkanes of at least 4 members (excludes halogenated alkanes) is 1. The van der Waals surface area contributed by atoms with Gasteiger partial charge in [-0.15, -0.1) is 0 Å². The average Bonchev–Trinajstić information content (AvgIpc) is 2.81. The van der Waals surface area contributed by atoms with Crippen LogP contribution in [0, 0.1) is 23.7 Å². The number of likely N-dealkylation sites (tertiary alicyclic amines) is 1. The molecule has 30 heavy (non-hydrogen) atoms. The van der Waals surface area contributed by atoms with Gasteiger partial charge in [0.1, 0.15) is 6.04 Å². The molecule has 0 aromatic carbocycles. The van der Waals surface area contributed by atoms with E-state index in [1.165, 1.54) is 19.3 Å². The highest BCUT2D eigenvalue weighted by atomic mass is 16.2. The first-order valence-corrected chi connectivity index (χ1v) is 12.2. The van der Waals surface area contributed by atoms with Crippen LogP contribution >= 0.6 is 0 Å². The van der Waals surface area contributed by atoms with Crippen LogP contribution in [0.15, 0.2) is 0 Å². The smallest absolute Gasteiger partial charge is 0.245 e. The molecule has 3 N–H and O–H groups in total. The Morgan fingerprint density at radius 3 is 2.43 bits per heavy atom. The normalized spacial score (nSPS) is 22.3. The molecule has 0 bridgehead atoms. The highest BCUT2D eigenvalue weighted by Crippen LogP contribution is 2.30. The second-order valence-electron chi connectivity index (χ2n) is 9.85. The molecule has 0 radical (unpaired) electrons. The second-order valence-corrected chi connectivity index (χ2v) is 9.85. The number of amides is 3. The van der Waals surface area contributed by atoms with Gasteiger partial charge in [0.05, 0.1) is 0 Å². The summed E-state index contributed by atoms with van der Waals surface area (Å²) in [5.74, 6) is -0.432. The Labute approximate surface area is 182 Å². The number of rotatable bonds is 12. The molecule has 172 valence electrons. The van der Waals surface area contributed by atoms with E-state index in [2.05, 4.69) is 26.1 Å². The zero-order valence-electron chi connectivity index (χ0n) is 19.3. The van der Waals surface area contributed by atoms with Gasteiger partial charge in [-0.3, -0.25) is 14.4 Å². The van der Waals surface area contributed by atoms with Crippen molar-refractivity contribution >= 4 is 17.7 Å². The second kappa shape index (κ2) is 12.3. The molecule has 6 heteroatoms. The lowest BCUT2D eigenvalue weighted by Crippen LogP contribution is -2.51. The van der Waals surface area contributed by atoms with Gasteiger partial charge >= 0.3 is 0 Å². The van der Waals surface area contributed by atoms with Crippen molar-refractivity contribution in [2.45, 2.75) is 97.4 Å². The molecule has 1 saturated heterocycles. The molecule has 1 heterocycles. The van der Waals surface area contributed by atoms with E-state index in [-0.39, 0.29) is 17.7 Å². The Morgan fingerprint density at radius 2 is 1.87 bits per heavy atom. The predicted octanol–water partition coefficient (Wildman–Crippen LogP) is 3.63. The van der Waals surface area contributed by atoms with Crippen LogP contribution in [0.1, 0.15) is 91.4 Å². The van der Waals surface area contributed by atoms with Crippen molar-refractivity contribution in [3.05, 3.63) is 0 Å². The van der Waals surface area contributed by atoms with Crippen molar-refractivity contribution in [3.63, 3.8) is 0 Å². The van der Waals surface area contributed by atoms with Gasteiger partial charge in [0.2, 0.25) is 17.7 Å². The standard InChI is InChI=1S/C24H43N3O3/c1-4-5-11-19(22(25)28)20(16-17(2)3)23(29)26-21-12-6-7-14-27(24(21)30)15-13-18-9-8-10-18/h17-21H,4-16H2,1-3H3,(H2,25,28)(H,26,29)/t19-,20+,21-/m0/s1. The summed E-state index contributed by atoms with van der Waals surface area (Å²) in [6, 6.07) is -0.476. The number of nitrogens with two attached hydrogens (primary N) is 1. The van der Waals surface area contributed by atoms with E-state index in [1.807, 2.05) is 4.90 Å². The predicted molar refractivity (Wildman–Crippen MR) is 119 cm³/mol. The number of nitrogens with zero attached hydrogens (tertiary/aromatic N) is 1. The molecule has 2 aliphatic rings. The molecular weight excluding hydrogens is 378 g/mol. The molecular formula is C24H43N3O3. The first-order chi connectivity index (χ1) is 14.3. The zero-order valence-corrected chi connectivity index (χ0v) is 19.3. The van der Waals surface area contributed by atoms with Gasteiger partial charge in [0.25, 0.3) is 0 Å². The fourth-order valence-electron chi connectivity index (χ4n) is 4.79. The van der Waals surface area contributed by atoms with Gasteiger partial charge in [-0.05, 0) is 50.4 Å². The minimum Gasteiger partial charge on any atom is -0.369 e. The summed E-state index contributed by atoms with van der Waals surface area (Å²) in [5.41, 5.74) is 5.69. The third-order valence-electron chi connectivity index (χ3n) is 6.91. The fourth-order valence-corrected chi connectivity index (χ4v) is 4.79. The minimum atomic E-state index is -0.476. The maximum Gasteiger partial charge on any atom is 0.245 e. The Hall–Kier alpha value is -1.59. The van der Waals surface area contributed by atoms with Gasteiger partial charge in [0.15, 0.2) is 0 Å². The molecule has 1 aliphatic carbocycles. The molecule has 1 aliphatic heterocycles. The van der Waals surface area contributed by atoms with Gasteiger partial charge < -0.3 is 16.0 Å². The van der Waals surface area contributed by atoms with E-state index < -0.39 is 23.8 Å². The number of hydrogen-bond acceptors (Lipinski definition) is 3. The van der Waals surface area contributed by atoms with Crippen molar-refractivity contribution in [2.75, 3.05) is 13.1 Å². The maximum absolute atomic E-state index is 13.3. The lowest BCUT2D eigenvalue weighted by Gasteiger charge is -2.31. The van der Waals surface area contributed by atoms with Crippen LogP contribution in [0.5, 0.6) is 0 Å². The maximum atomic E-state index is 13.3. The van der Waals surface area contributed by atoms with E-state index in [1.54, 1.807) is 0 Å². The molecule has 6 nitrogen and oxygen atoms in total. The third kappa shape index (κ3) is 7.28. The summed E-state index contributed by atoms with van der Waals surface area (Å²) >= 11 is 0. The summed E-state index contributed by atoms with van der Waals surface area (Å²) in [7, 11) is 0. The van der Waals surface area contributed by atoms with Crippen LogP contribution in [-0.2, 0) is 14.4 Å². The van der Waals surface area contributed by atoms with Crippen LogP contribution in [0.25, 0.3) is 0 Å². The number of primary amides is 1. The summed E-state index contributed by atoms with van der Waals surface area (Å²) < 4.78 is 0. The monoisotopic (exact) mass is 421 g/mol. The topological polar surface area (TPSA) is 92.5 Å². The van der Waals surface area contributed by atoms with E-state index in [4.69, 9.17) is 5.73 Å². The Kier molecular flexibility index (Phi) is 10.1. The molecule has 0 unspecified atom stereocenters. The van der Waals surface area contributed by atoms with Crippen molar-refractivity contribution in [1.82, 2.24) is 10.2 Å². The molecule has 0 aromatic heterocycles. The molecule has 0 aromatic rings. The lowest BCUT2D eigenvalue weighted by atomic mass is 9.81. The van der Waals surface area contributed by atoms with Crippen molar-refractivity contribution in [3.8, 4) is 0 Å². The van der Waals surface area contributed by atoms with Gasteiger partial charge in [-0.1, -0.05) is 52.9 Å². The summed E-state index contributed by atoms with van der Waals surface area (Å²) in [6.45, 7) is 7.76. The number of hydrogen-bond donors (Lipinski definition) is 2. The highest BCUT2D eigenvalue weighted by molar-refractivity contribution is 5.91. The van der Waals surface area contributed by atoms with E-state index in [0.29, 0.717) is 19.3 Å². The summed E-state index contributed by atoms with van der Waals surface area (Å²) in [4.78, 5) is 40.5. The number of nitrogens with one attached hydrogen (secondary N) is 1. The largest absolute Gasteiger partial charge is 0.369 e. The number of carbonyl (C=O) groups is 3. The van der Waals surface area contributed by atoms with Crippen LogP contribution in [-0.4, -0.2) is 41.8 Å². The molecule has 1 saturated carbocycles. The van der Waals surface area contributed by atoms with Crippen molar-refractivity contribution < 1.29 is 14.4 Å². The molecule has 3 atom stereocenters. The molecule has 2 rings (SSSR count). The summed E-state index contributed by atoms with van der Waals surface area (Å²) in [6.07, 6.45) is 10.6. The highest BCUT2D eigenvalue weighted by Gasteiger charge is 2.36. The average molecular weight is 422 g/mol. The Morgan fingerprint density at radius 1 is 1.13 bits per heavy atom.